The standard InChI is InChI=1S/C20H21ClF3N3O2.ClH/c21-15-6-8-16(9-7-15)26-19(28)29-18(20(22,23)24)13-27-11-3-4-14(12-27)17-5-1-2-10-25-17;/h1-2,5-10,14,18H,3-4,11-13H2,(H,26,28);1H/t14-,18?;/m0./s1. The summed E-state index contributed by atoms with van der Waals surface area (Å²) in [5.74, 6) is 0.0572. The molecule has 2 atom stereocenters. The molecule has 5 nitrogen and oxygen atoms in total. The number of nitrogens with zero attached hydrogens (tertiary/aromatic N) is 2. The van der Waals surface area contributed by atoms with Crippen LogP contribution in [0.4, 0.5) is 23.7 Å². The monoisotopic (exact) mass is 463 g/mol. The minimum absolute atomic E-state index is 0. The van der Waals surface area contributed by atoms with Crippen LogP contribution >= 0.6 is 24.0 Å². The number of carbonyl (C=O) groups excluding carboxylic acids is 1. The topological polar surface area (TPSA) is 54.5 Å². The molecule has 1 unspecified atom stereocenters. The second-order valence-electron chi connectivity index (χ2n) is 6.92. The van der Waals surface area contributed by atoms with Crippen LogP contribution in [0.15, 0.2) is 48.7 Å². The van der Waals surface area contributed by atoms with Gasteiger partial charge in [0.1, 0.15) is 0 Å². The van der Waals surface area contributed by atoms with Gasteiger partial charge in [0.25, 0.3) is 0 Å². The number of halogens is 5. The Morgan fingerprint density at radius 1 is 1.27 bits per heavy atom. The first-order valence-corrected chi connectivity index (χ1v) is 9.62. The number of rotatable bonds is 5. The Labute approximate surface area is 184 Å². The smallest absolute Gasteiger partial charge is 0.426 e. The fourth-order valence-corrected chi connectivity index (χ4v) is 3.46. The molecule has 0 bridgehead atoms. The molecule has 1 aliphatic rings. The highest BCUT2D eigenvalue weighted by Crippen LogP contribution is 2.29. The summed E-state index contributed by atoms with van der Waals surface area (Å²) in [5, 5.41) is 2.74. The summed E-state index contributed by atoms with van der Waals surface area (Å²) in [6.45, 7) is 0.532. The fourth-order valence-electron chi connectivity index (χ4n) is 3.33. The zero-order valence-corrected chi connectivity index (χ0v) is 17.5. The maximum Gasteiger partial charge on any atom is 0.426 e. The van der Waals surface area contributed by atoms with Gasteiger partial charge in [-0.15, -0.1) is 12.4 Å². The number of benzene rings is 1. The number of amides is 1. The van der Waals surface area contributed by atoms with Crippen molar-refractivity contribution in [3.05, 3.63) is 59.4 Å². The Hall–Kier alpha value is -2.03. The number of hydrogen-bond acceptors (Lipinski definition) is 4. The first-order valence-electron chi connectivity index (χ1n) is 9.24. The number of pyridine rings is 1. The highest BCUT2D eigenvalue weighted by atomic mass is 35.5. The van der Waals surface area contributed by atoms with Crippen LogP contribution in [0.5, 0.6) is 0 Å². The van der Waals surface area contributed by atoms with Gasteiger partial charge < -0.3 is 4.74 Å². The van der Waals surface area contributed by atoms with Crippen molar-refractivity contribution in [2.45, 2.75) is 31.0 Å². The highest BCUT2D eigenvalue weighted by Gasteiger charge is 2.44. The van der Waals surface area contributed by atoms with Gasteiger partial charge in [-0.1, -0.05) is 17.7 Å². The Balaban J connectivity index is 0.00000320. The molecule has 1 aromatic carbocycles. The molecule has 1 amide bonds. The number of aromatic nitrogens is 1. The largest absolute Gasteiger partial charge is 0.435 e. The molecule has 2 heterocycles. The average Bonchev–Trinajstić information content (AvgIpc) is 2.69. The molecule has 1 N–H and O–H groups in total. The number of alkyl halides is 3. The normalized spacial score (nSPS) is 18.2. The molecule has 10 heteroatoms. The predicted molar refractivity (Wildman–Crippen MR) is 111 cm³/mol. The molecule has 0 aliphatic carbocycles. The van der Waals surface area contributed by atoms with Gasteiger partial charge in [-0.25, -0.2) is 4.79 Å². The van der Waals surface area contributed by atoms with Gasteiger partial charge in [0.2, 0.25) is 6.10 Å². The van der Waals surface area contributed by atoms with Gasteiger partial charge in [0.05, 0.1) is 0 Å². The van der Waals surface area contributed by atoms with Crippen LogP contribution in [0, 0.1) is 0 Å². The maximum atomic E-state index is 13.5. The third-order valence-corrected chi connectivity index (χ3v) is 4.99. The van der Waals surface area contributed by atoms with Gasteiger partial charge in [0, 0.05) is 41.6 Å². The SMILES string of the molecule is Cl.O=C(Nc1ccc(Cl)cc1)OC(CN1CCC[C@H](c2ccccn2)C1)C(F)(F)F. The predicted octanol–water partition coefficient (Wildman–Crippen LogP) is 5.52. The Kier molecular flexibility index (Phi) is 8.76. The number of nitrogens with one attached hydrogen (secondary N) is 1. The molecule has 3 rings (SSSR count). The van der Waals surface area contributed by atoms with Crippen LogP contribution in [0.1, 0.15) is 24.5 Å². The Morgan fingerprint density at radius 3 is 2.63 bits per heavy atom. The average molecular weight is 464 g/mol. The lowest BCUT2D eigenvalue weighted by Crippen LogP contribution is -2.47. The number of likely N-dealkylation sites (tertiary alicyclic amines) is 1. The first kappa shape index (κ1) is 24.2. The molecular formula is C20H22Cl2F3N3O2. The third kappa shape index (κ3) is 7.04. The van der Waals surface area contributed by atoms with E-state index in [9.17, 15) is 18.0 Å². The fraction of sp³-hybridized carbons (Fsp3) is 0.400. The maximum absolute atomic E-state index is 13.5. The van der Waals surface area contributed by atoms with Crippen molar-refractivity contribution >= 4 is 35.8 Å². The van der Waals surface area contributed by atoms with E-state index in [4.69, 9.17) is 16.3 Å². The summed E-state index contributed by atoms with van der Waals surface area (Å²) in [5.41, 5.74) is 1.16. The summed E-state index contributed by atoms with van der Waals surface area (Å²) in [6.07, 6.45) is -4.76. The zero-order valence-electron chi connectivity index (χ0n) is 15.9. The highest BCUT2D eigenvalue weighted by molar-refractivity contribution is 6.30. The molecule has 30 heavy (non-hydrogen) atoms. The Morgan fingerprint density at radius 2 is 2.00 bits per heavy atom. The first-order chi connectivity index (χ1) is 13.8. The van der Waals surface area contributed by atoms with Gasteiger partial charge >= 0.3 is 12.3 Å². The minimum atomic E-state index is -4.67. The van der Waals surface area contributed by atoms with Crippen molar-refractivity contribution < 1.29 is 22.7 Å². The van der Waals surface area contributed by atoms with E-state index in [1.807, 2.05) is 12.1 Å². The molecule has 1 saturated heterocycles. The molecule has 1 fully saturated rings. The molecule has 2 aromatic rings. The van der Waals surface area contributed by atoms with Crippen molar-refractivity contribution in [3.63, 3.8) is 0 Å². The summed E-state index contributed by atoms with van der Waals surface area (Å²) in [4.78, 5) is 18.0. The molecule has 1 aliphatic heterocycles. The lowest BCUT2D eigenvalue weighted by Gasteiger charge is -2.34. The van der Waals surface area contributed by atoms with E-state index in [1.54, 1.807) is 17.2 Å². The molecule has 0 spiro atoms. The number of ether oxygens (including phenoxy) is 1. The van der Waals surface area contributed by atoms with Crippen LogP contribution in [0.2, 0.25) is 5.02 Å². The zero-order chi connectivity index (χ0) is 20.9. The van der Waals surface area contributed by atoms with Gasteiger partial charge in [-0.05, 0) is 55.8 Å². The van der Waals surface area contributed by atoms with E-state index in [0.29, 0.717) is 23.8 Å². The summed E-state index contributed by atoms with van der Waals surface area (Å²) < 4.78 is 45.2. The number of hydrogen-bond donors (Lipinski definition) is 1. The molecular weight excluding hydrogens is 442 g/mol. The van der Waals surface area contributed by atoms with Gasteiger partial charge in [-0.3, -0.25) is 15.2 Å². The van der Waals surface area contributed by atoms with Gasteiger partial charge in [-0.2, -0.15) is 13.2 Å². The van der Waals surface area contributed by atoms with Crippen LogP contribution in [-0.4, -0.2) is 47.9 Å². The number of carbonyl (C=O) groups is 1. The van der Waals surface area contributed by atoms with Crippen molar-refractivity contribution in [1.82, 2.24) is 9.88 Å². The van der Waals surface area contributed by atoms with E-state index in [0.717, 1.165) is 18.5 Å². The molecule has 0 radical (unpaired) electrons. The number of piperidine rings is 1. The lowest BCUT2D eigenvalue weighted by molar-refractivity contribution is -0.207. The van der Waals surface area contributed by atoms with E-state index in [2.05, 4.69) is 10.3 Å². The van der Waals surface area contributed by atoms with E-state index < -0.39 is 24.9 Å². The van der Waals surface area contributed by atoms with E-state index in [1.165, 1.54) is 24.3 Å². The van der Waals surface area contributed by atoms with Crippen molar-refractivity contribution in [2.24, 2.45) is 0 Å². The second-order valence-corrected chi connectivity index (χ2v) is 7.36. The Bertz CT molecular complexity index is 807. The summed E-state index contributed by atoms with van der Waals surface area (Å²) in [7, 11) is 0. The van der Waals surface area contributed by atoms with Crippen LogP contribution < -0.4 is 5.32 Å². The van der Waals surface area contributed by atoms with Crippen molar-refractivity contribution in [1.29, 1.82) is 0 Å². The summed E-state index contributed by atoms with van der Waals surface area (Å²) in [6, 6.07) is 11.5. The van der Waals surface area contributed by atoms with Crippen molar-refractivity contribution in [2.75, 3.05) is 25.0 Å². The van der Waals surface area contributed by atoms with Crippen LogP contribution in [-0.2, 0) is 4.74 Å². The molecule has 164 valence electrons. The van der Waals surface area contributed by atoms with Crippen molar-refractivity contribution in [3.8, 4) is 0 Å². The van der Waals surface area contributed by atoms with E-state index >= 15 is 0 Å². The molecule has 1 aromatic heterocycles. The van der Waals surface area contributed by atoms with E-state index in [-0.39, 0.29) is 18.3 Å². The quantitative estimate of drug-likeness (QED) is 0.634. The summed E-state index contributed by atoms with van der Waals surface area (Å²) >= 11 is 5.75. The third-order valence-electron chi connectivity index (χ3n) is 4.74. The van der Waals surface area contributed by atoms with Gasteiger partial charge in [0.15, 0.2) is 0 Å². The van der Waals surface area contributed by atoms with Crippen LogP contribution in [0.25, 0.3) is 0 Å². The minimum Gasteiger partial charge on any atom is -0.435 e. The molecule has 0 saturated carbocycles. The lowest BCUT2D eigenvalue weighted by atomic mass is 9.94. The van der Waals surface area contributed by atoms with Crippen LogP contribution in [0.3, 0.4) is 0 Å². The second kappa shape index (κ2) is 10.8. The number of anilines is 1.